The van der Waals surface area contributed by atoms with Gasteiger partial charge >= 0.3 is 5.97 Å². The Morgan fingerprint density at radius 1 is 1.21 bits per heavy atom. The van der Waals surface area contributed by atoms with Gasteiger partial charge in [-0.25, -0.2) is 0 Å². The predicted octanol–water partition coefficient (Wildman–Crippen LogP) is 4.17. The summed E-state index contributed by atoms with van der Waals surface area (Å²) in [6.07, 6.45) is 3.55. The molecule has 1 aromatic carbocycles. The molecule has 0 radical (unpaired) electrons. The number of benzene rings is 1. The average molecular weight is 302 g/mol. The van der Waals surface area contributed by atoms with Crippen molar-refractivity contribution in [3.8, 4) is 0 Å². The smallest absolute Gasteiger partial charge is 0.310 e. The summed E-state index contributed by atoms with van der Waals surface area (Å²) >= 11 is 12.5. The first-order chi connectivity index (χ1) is 9.00. The first kappa shape index (κ1) is 14.5. The molecular weight excluding hydrogens is 285 g/mol. The normalized spacial score (nSPS) is 17.3. The van der Waals surface area contributed by atoms with Crippen LogP contribution in [0.4, 0.5) is 5.69 Å². The van der Waals surface area contributed by atoms with Gasteiger partial charge in [0.15, 0.2) is 0 Å². The molecule has 1 heterocycles. The summed E-state index contributed by atoms with van der Waals surface area (Å²) in [6.45, 7) is 3.56. The maximum Gasteiger partial charge on any atom is 0.310 e. The lowest BCUT2D eigenvalue weighted by Crippen LogP contribution is -2.29. The van der Waals surface area contributed by atoms with Crippen molar-refractivity contribution in [2.24, 2.45) is 0 Å². The summed E-state index contributed by atoms with van der Waals surface area (Å²) in [5, 5.41) is 10.1. The van der Waals surface area contributed by atoms with E-state index in [-0.39, 0.29) is 0 Å². The second-order valence-corrected chi connectivity index (χ2v) is 5.75. The Morgan fingerprint density at radius 2 is 1.84 bits per heavy atom. The lowest BCUT2D eigenvalue weighted by Gasteiger charge is -2.30. The molecule has 0 aromatic heterocycles. The van der Waals surface area contributed by atoms with Gasteiger partial charge in [0.2, 0.25) is 0 Å². The first-order valence-corrected chi connectivity index (χ1v) is 7.23. The van der Waals surface area contributed by atoms with Crippen LogP contribution in [0.15, 0.2) is 12.1 Å². The van der Waals surface area contributed by atoms with E-state index in [0.717, 1.165) is 31.6 Å². The van der Waals surface area contributed by atoms with Gasteiger partial charge in [-0.1, -0.05) is 23.2 Å². The van der Waals surface area contributed by atoms with Crippen LogP contribution in [0.1, 0.15) is 37.7 Å². The van der Waals surface area contributed by atoms with Crippen LogP contribution in [0.2, 0.25) is 10.0 Å². The zero-order valence-electron chi connectivity index (χ0n) is 10.8. The minimum atomic E-state index is -0.899. The largest absolute Gasteiger partial charge is 0.481 e. The van der Waals surface area contributed by atoms with Gasteiger partial charge in [0.1, 0.15) is 0 Å². The predicted molar refractivity (Wildman–Crippen MR) is 78.6 cm³/mol. The maximum absolute atomic E-state index is 11.0. The summed E-state index contributed by atoms with van der Waals surface area (Å²) < 4.78 is 0. The Morgan fingerprint density at radius 3 is 2.42 bits per heavy atom. The van der Waals surface area contributed by atoms with Crippen LogP contribution < -0.4 is 4.90 Å². The van der Waals surface area contributed by atoms with E-state index < -0.39 is 11.9 Å². The average Bonchev–Trinajstić information content (AvgIpc) is 2.41. The molecule has 1 atom stereocenters. The molecule has 0 saturated carbocycles. The minimum absolute atomic E-state index is 0.472. The van der Waals surface area contributed by atoms with E-state index in [1.165, 1.54) is 6.42 Å². The molecule has 3 nitrogen and oxygen atoms in total. The number of hydrogen-bond acceptors (Lipinski definition) is 2. The Labute approximate surface area is 123 Å². The fourth-order valence-electron chi connectivity index (χ4n) is 2.39. The van der Waals surface area contributed by atoms with Crippen LogP contribution in [0.3, 0.4) is 0 Å². The first-order valence-electron chi connectivity index (χ1n) is 6.47. The third-order valence-corrected chi connectivity index (χ3v) is 4.23. The van der Waals surface area contributed by atoms with E-state index in [9.17, 15) is 4.79 Å². The molecule has 1 aliphatic heterocycles. The number of rotatable bonds is 3. The highest BCUT2D eigenvalue weighted by atomic mass is 35.5. The highest BCUT2D eigenvalue weighted by Gasteiger charge is 2.21. The van der Waals surface area contributed by atoms with E-state index in [0.29, 0.717) is 15.6 Å². The lowest BCUT2D eigenvalue weighted by atomic mass is 10.0. The van der Waals surface area contributed by atoms with Gasteiger partial charge in [0, 0.05) is 18.1 Å². The summed E-state index contributed by atoms with van der Waals surface area (Å²) in [5.41, 5.74) is 1.48. The third kappa shape index (κ3) is 3.15. The monoisotopic (exact) mass is 301 g/mol. The SMILES string of the molecule is CC(C(=O)O)c1cc(Cl)c(N2CCCCC2)cc1Cl. The molecule has 1 N–H and O–H groups in total. The molecule has 19 heavy (non-hydrogen) atoms. The van der Waals surface area contributed by atoms with E-state index in [1.54, 1.807) is 19.1 Å². The van der Waals surface area contributed by atoms with Crippen molar-refractivity contribution in [2.75, 3.05) is 18.0 Å². The third-order valence-electron chi connectivity index (χ3n) is 3.60. The molecule has 0 spiro atoms. The highest BCUT2D eigenvalue weighted by molar-refractivity contribution is 6.36. The van der Waals surface area contributed by atoms with Gasteiger partial charge in [-0.15, -0.1) is 0 Å². The standard InChI is InChI=1S/C14H17Cl2NO2/c1-9(14(18)19)10-7-12(16)13(8-11(10)15)17-5-3-2-4-6-17/h7-9H,2-6H2,1H3,(H,18,19). The van der Waals surface area contributed by atoms with Crippen molar-refractivity contribution in [1.29, 1.82) is 0 Å². The van der Waals surface area contributed by atoms with Crippen molar-refractivity contribution >= 4 is 34.9 Å². The quantitative estimate of drug-likeness (QED) is 0.911. The number of carboxylic acids is 1. The maximum atomic E-state index is 11.0. The summed E-state index contributed by atoms with van der Waals surface area (Å²) in [7, 11) is 0. The van der Waals surface area contributed by atoms with E-state index in [2.05, 4.69) is 4.90 Å². The van der Waals surface area contributed by atoms with Gasteiger partial charge in [0.05, 0.1) is 16.6 Å². The molecule has 5 heteroatoms. The second-order valence-electron chi connectivity index (χ2n) is 4.93. The number of aliphatic carboxylic acids is 1. The zero-order chi connectivity index (χ0) is 14.0. The molecule has 0 bridgehead atoms. The number of anilines is 1. The van der Waals surface area contributed by atoms with Crippen molar-refractivity contribution in [3.05, 3.63) is 27.7 Å². The molecule has 104 valence electrons. The number of hydrogen-bond donors (Lipinski definition) is 1. The van der Waals surface area contributed by atoms with Crippen LogP contribution in [0.5, 0.6) is 0 Å². The van der Waals surface area contributed by atoms with E-state index in [4.69, 9.17) is 28.3 Å². The molecule has 1 fully saturated rings. The molecule has 1 unspecified atom stereocenters. The van der Waals surface area contributed by atoms with Crippen LogP contribution in [-0.2, 0) is 4.79 Å². The van der Waals surface area contributed by atoms with Gasteiger partial charge in [-0.2, -0.15) is 0 Å². The Hall–Kier alpha value is -0.930. The molecule has 0 amide bonds. The number of nitrogens with zero attached hydrogens (tertiary/aromatic N) is 1. The zero-order valence-corrected chi connectivity index (χ0v) is 12.3. The van der Waals surface area contributed by atoms with Crippen LogP contribution >= 0.6 is 23.2 Å². The Bertz CT molecular complexity index is 485. The Balaban J connectivity index is 2.33. The van der Waals surface area contributed by atoms with Crippen LogP contribution in [0.25, 0.3) is 0 Å². The molecule has 1 saturated heterocycles. The topological polar surface area (TPSA) is 40.5 Å². The molecular formula is C14H17Cl2NO2. The second kappa shape index (κ2) is 6.02. The molecule has 1 aromatic rings. The van der Waals surface area contributed by atoms with Crippen LogP contribution in [0, 0.1) is 0 Å². The van der Waals surface area contributed by atoms with Crippen LogP contribution in [-0.4, -0.2) is 24.2 Å². The highest BCUT2D eigenvalue weighted by Crippen LogP contribution is 2.36. The molecule has 2 rings (SSSR count). The summed E-state index contributed by atoms with van der Waals surface area (Å²) in [6, 6.07) is 3.48. The van der Waals surface area contributed by atoms with Crippen molar-refractivity contribution < 1.29 is 9.90 Å². The van der Waals surface area contributed by atoms with Crippen molar-refractivity contribution in [1.82, 2.24) is 0 Å². The molecule has 1 aliphatic rings. The fourth-order valence-corrected chi connectivity index (χ4v) is 3.01. The lowest BCUT2D eigenvalue weighted by molar-refractivity contribution is -0.138. The summed E-state index contributed by atoms with van der Waals surface area (Å²) in [5.74, 6) is -1.55. The summed E-state index contributed by atoms with van der Waals surface area (Å²) in [4.78, 5) is 13.3. The number of carbonyl (C=O) groups is 1. The number of halogens is 2. The Kier molecular flexibility index (Phi) is 4.58. The number of carboxylic acid groups (broad SMARTS) is 1. The van der Waals surface area contributed by atoms with E-state index in [1.807, 2.05) is 0 Å². The number of piperidine rings is 1. The van der Waals surface area contributed by atoms with Gasteiger partial charge in [0.25, 0.3) is 0 Å². The van der Waals surface area contributed by atoms with E-state index >= 15 is 0 Å². The van der Waals surface area contributed by atoms with Gasteiger partial charge in [-0.3, -0.25) is 4.79 Å². The van der Waals surface area contributed by atoms with Gasteiger partial charge < -0.3 is 10.0 Å². The fraction of sp³-hybridized carbons (Fsp3) is 0.500. The van der Waals surface area contributed by atoms with Crippen molar-refractivity contribution in [3.63, 3.8) is 0 Å². The van der Waals surface area contributed by atoms with Crippen molar-refractivity contribution in [2.45, 2.75) is 32.1 Å². The minimum Gasteiger partial charge on any atom is -0.481 e. The van der Waals surface area contributed by atoms with Gasteiger partial charge in [-0.05, 0) is 43.9 Å². The molecule has 0 aliphatic carbocycles.